The first-order valence-electron chi connectivity index (χ1n) is 8.06. The molecule has 4 rings (SSSR count). The number of hydroxylamine groups is 1. The van der Waals surface area contributed by atoms with E-state index in [9.17, 15) is 9.59 Å². The van der Waals surface area contributed by atoms with Crippen LogP contribution in [0.25, 0.3) is 0 Å². The Morgan fingerprint density at radius 1 is 1.08 bits per heavy atom. The van der Waals surface area contributed by atoms with Crippen LogP contribution in [0.4, 0.5) is 5.69 Å². The molecule has 1 saturated heterocycles. The topological polar surface area (TPSA) is 69.6 Å². The molecule has 2 N–H and O–H groups in total. The Morgan fingerprint density at radius 3 is 2.58 bits per heavy atom. The van der Waals surface area contributed by atoms with Crippen LogP contribution in [0.5, 0.6) is 0 Å². The van der Waals surface area contributed by atoms with Crippen molar-refractivity contribution >= 4 is 17.5 Å². The molecule has 1 heterocycles. The Balaban J connectivity index is 1.62. The zero-order valence-electron chi connectivity index (χ0n) is 13.2. The summed E-state index contributed by atoms with van der Waals surface area (Å²) < 4.78 is 0. The SMILES string of the molecule is O=C(NO)c1ccc2c(c1)CC1(CCN(c3ccccc3)C1=O)C2. The molecule has 2 aromatic rings. The summed E-state index contributed by atoms with van der Waals surface area (Å²) in [5, 5.41) is 8.78. The van der Waals surface area contributed by atoms with E-state index in [2.05, 4.69) is 0 Å². The fraction of sp³-hybridized carbons (Fsp3) is 0.263. The van der Waals surface area contributed by atoms with Crippen molar-refractivity contribution in [1.82, 2.24) is 5.48 Å². The van der Waals surface area contributed by atoms with Crippen molar-refractivity contribution in [2.45, 2.75) is 19.3 Å². The molecule has 2 aromatic carbocycles. The molecule has 122 valence electrons. The number of carbonyl (C=O) groups excluding carboxylic acids is 2. The second-order valence-corrected chi connectivity index (χ2v) is 6.60. The van der Waals surface area contributed by atoms with Gasteiger partial charge in [0.05, 0.1) is 5.41 Å². The van der Waals surface area contributed by atoms with E-state index in [-0.39, 0.29) is 5.91 Å². The minimum absolute atomic E-state index is 0.165. The predicted molar refractivity (Wildman–Crippen MR) is 88.9 cm³/mol. The second kappa shape index (κ2) is 5.46. The number of fused-ring (bicyclic) bond motifs is 1. The molecular formula is C19H18N2O3. The third-order valence-corrected chi connectivity index (χ3v) is 5.21. The fourth-order valence-electron chi connectivity index (χ4n) is 3.96. The molecule has 1 spiro atoms. The normalized spacial score (nSPS) is 22.0. The zero-order chi connectivity index (χ0) is 16.7. The number of amides is 2. The highest BCUT2D eigenvalue weighted by Crippen LogP contribution is 2.46. The van der Waals surface area contributed by atoms with Crippen LogP contribution < -0.4 is 10.4 Å². The number of hydrogen-bond acceptors (Lipinski definition) is 3. The van der Waals surface area contributed by atoms with E-state index in [0.717, 1.165) is 29.8 Å². The fourth-order valence-corrected chi connectivity index (χ4v) is 3.96. The van der Waals surface area contributed by atoms with Crippen LogP contribution in [-0.2, 0) is 17.6 Å². The van der Waals surface area contributed by atoms with Gasteiger partial charge in [0.25, 0.3) is 5.91 Å². The van der Waals surface area contributed by atoms with Gasteiger partial charge >= 0.3 is 0 Å². The van der Waals surface area contributed by atoms with Crippen LogP contribution in [-0.4, -0.2) is 23.6 Å². The van der Waals surface area contributed by atoms with Gasteiger partial charge in [-0.05, 0) is 54.7 Å². The van der Waals surface area contributed by atoms with Crippen molar-refractivity contribution in [2.24, 2.45) is 5.41 Å². The molecule has 2 aliphatic rings. The van der Waals surface area contributed by atoms with Gasteiger partial charge in [-0.1, -0.05) is 24.3 Å². The molecule has 24 heavy (non-hydrogen) atoms. The maximum Gasteiger partial charge on any atom is 0.274 e. The minimum Gasteiger partial charge on any atom is -0.312 e. The van der Waals surface area contributed by atoms with Crippen LogP contribution >= 0.6 is 0 Å². The van der Waals surface area contributed by atoms with Crippen molar-refractivity contribution in [1.29, 1.82) is 0 Å². The maximum absolute atomic E-state index is 13.1. The monoisotopic (exact) mass is 322 g/mol. The Morgan fingerprint density at radius 2 is 1.83 bits per heavy atom. The zero-order valence-corrected chi connectivity index (χ0v) is 13.2. The molecule has 2 amide bonds. The largest absolute Gasteiger partial charge is 0.312 e. The van der Waals surface area contributed by atoms with Gasteiger partial charge in [0.15, 0.2) is 0 Å². The molecule has 1 unspecified atom stereocenters. The molecule has 1 fully saturated rings. The predicted octanol–water partition coefficient (Wildman–Crippen LogP) is 2.33. The minimum atomic E-state index is -0.526. The summed E-state index contributed by atoms with van der Waals surface area (Å²) >= 11 is 0. The van der Waals surface area contributed by atoms with Crippen LogP contribution in [0.15, 0.2) is 48.5 Å². The molecule has 0 saturated carbocycles. The molecule has 0 bridgehead atoms. The molecule has 5 nitrogen and oxygen atoms in total. The summed E-state index contributed by atoms with van der Waals surface area (Å²) in [4.78, 5) is 26.5. The summed E-state index contributed by atoms with van der Waals surface area (Å²) in [5.74, 6) is -0.361. The first-order valence-corrected chi connectivity index (χ1v) is 8.06. The Kier molecular flexibility index (Phi) is 3.39. The van der Waals surface area contributed by atoms with Crippen molar-refractivity contribution in [3.63, 3.8) is 0 Å². The summed E-state index contributed by atoms with van der Waals surface area (Å²) in [7, 11) is 0. The van der Waals surface area contributed by atoms with E-state index < -0.39 is 11.3 Å². The third kappa shape index (κ3) is 2.20. The van der Waals surface area contributed by atoms with Gasteiger partial charge in [-0.25, -0.2) is 5.48 Å². The van der Waals surface area contributed by atoms with E-state index >= 15 is 0 Å². The highest BCUT2D eigenvalue weighted by molar-refractivity contribution is 6.01. The highest BCUT2D eigenvalue weighted by Gasteiger charge is 2.50. The van der Waals surface area contributed by atoms with Gasteiger partial charge < -0.3 is 4.90 Å². The lowest BCUT2D eigenvalue weighted by atomic mass is 9.83. The number of hydrogen-bond donors (Lipinski definition) is 2. The summed E-state index contributed by atoms with van der Waals surface area (Å²) in [6.45, 7) is 0.723. The van der Waals surface area contributed by atoms with Crippen molar-refractivity contribution in [3.05, 3.63) is 65.2 Å². The molecule has 0 radical (unpaired) electrons. The maximum atomic E-state index is 13.1. The molecule has 5 heteroatoms. The number of para-hydroxylation sites is 1. The van der Waals surface area contributed by atoms with E-state index in [4.69, 9.17) is 5.21 Å². The number of carbonyl (C=O) groups is 2. The Labute approximate surface area is 139 Å². The Hall–Kier alpha value is -2.66. The van der Waals surface area contributed by atoms with Crippen LogP contribution in [0.1, 0.15) is 27.9 Å². The average Bonchev–Trinajstić information content (AvgIpc) is 3.15. The quantitative estimate of drug-likeness (QED) is 0.658. The average molecular weight is 322 g/mol. The van der Waals surface area contributed by atoms with E-state index in [1.165, 1.54) is 0 Å². The van der Waals surface area contributed by atoms with Gasteiger partial charge in [0, 0.05) is 17.8 Å². The number of benzene rings is 2. The first-order chi connectivity index (χ1) is 11.6. The lowest BCUT2D eigenvalue weighted by molar-refractivity contribution is -0.125. The molecular weight excluding hydrogens is 304 g/mol. The van der Waals surface area contributed by atoms with Gasteiger partial charge in [0.2, 0.25) is 5.91 Å². The van der Waals surface area contributed by atoms with Gasteiger partial charge in [-0.3, -0.25) is 14.8 Å². The van der Waals surface area contributed by atoms with Gasteiger partial charge in [-0.2, -0.15) is 0 Å². The summed E-state index contributed by atoms with van der Waals surface area (Å²) in [6, 6.07) is 15.1. The van der Waals surface area contributed by atoms with Gasteiger partial charge in [0.1, 0.15) is 0 Å². The van der Waals surface area contributed by atoms with E-state index in [1.807, 2.05) is 41.3 Å². The molecule has 1 aliphatic heterocycles. The molecule has 0 aromatic heterocycles. The second-order valence-electron chi connectivity index (χ2n) is 6.60. The molecule has 1 aliphatic carbocycles. The Bertz CT molecular complexity index is 819. The summed E-state index contributed by atoms with van der Waals surface area (Å²) in [5.41, 5.74) is 4.76. The van der Waals surface area contributed by atoms with Crippen molar-refractivity contribution in [2.75, 3.05) is 11.4 Å². The molecule has 1 atom stereocenters. The lowest BCUT2D eigenvalue weighted by Crippen LogP contribution is -2.35. The number of nitrogens with one attached hydrogen (secondary N) is 1. The number of anilines is 1. The highest BCUT2D eigenvalue weighted by atomic mass is 16.5. The lowest BCUT2D eigenvalue weighted by Gasteiger charge is -2.22. The van der Waals surface area contributed by atoms with E-state index in [0.29, 0.717) is 18.4 Å². The van der Waals surface area contributed by atoms with Crippen LogP contribution in [0.3, 0.4) is 0 Å². The summed E-state index contributed by atoms with van der Waals surface area (Å²) in [6.07, 6.45) is 2.18. The van der Waals surface area contributed by atoms with Crippen LogP contribution in [0, 0.1) is 5.41 Å². The smallest absolute Gasteiger partial charge is 0.274 e. The van der Waals surface area contributed by atoms with Crippen molar-refractivity contribution in [3.8, 4) is 0 Å². The van der Waals surface area contributed by atoms with Gasteiger partial charge in [-0.15, -0.1) is 0 Å². The third-order valence-electron chi connectivity index (χ3n) is 5.21. The number of nitrogens with zero attached hydrogens (tertiary/aromatic N) is 1. The standard InChI is InChI=1S/C19H18N2O3/c22-17(20-24)13-6-7-14-11-19(12-15(14)10-13)8-9-21(18(19)23)16-4-2-1-3-5-16/h1-7,10,24H,8-9,11-12H2,(H,20,22). The van der Waals surface area contributed by atoms with E-state index in [1.54, 1.807) is 17.6 Å². The van der Waals surface area contributed by atoms with Crippen LogP contribution in [0.2, 0.25) is 0 Å². The number of rotatable bonds is 2. The first kappa shape index (κ1) is 14.9. The van der Waals surface area contributed by atoms with Crippen molar-refractivity contribution < 1.29 is 14.8 Å².